The third-order valence-electron chi connectivity index (χ3n) is 3.29. The molecule has 90 valence electrons. The van der Waals surface area contributed by atoms with E-state index < -0.39 is 18.3 Å². The normalized spacial score (nSPS) is 46.5. The van der Waals surface area contributed by atoms with Crippen LogP contribution in [0.5, 0.6) is 0 Å². The summed E-state index contributed by atoms with van der Waals surface area (Å²) in [5.74, 6) is 0. The van der Waals surface area contributed by atoms with Gasteiger partial charge in [-0.2, -0.15) is 0 Å². The van der Waals surface area contributed by atoms with E-state index in [-0.39, 0.29) is 19.1 Å². The van der Waals surface area contributed by atoms with Crippen molar-refractivity contribution in [1.82, 2.24) is 10.2 Å². The zero-order valence-electron chi connectivity index (χ0n) is 8.57. The molecular formula is C9H14N2O4S. The summed E-state index contributed by atoms with van der Waals surface area (Å²) in [5.41, 5.74) is 0. The van der Waals surface area contributed by atoms with Crippen LogP contribution in [0.4, 0.5) is 0 Å². The van der Waals surface area contributed by atoms with Crippen molar-refractivity contribution in [2.75, 3.05) is 13.2 Å². The molecule has 0 amide bonds. The molecule has 5 atom stereocenters. The Bertz CT molecular complexity index is 316. The van der Waals surface area contributed by atoms with Crippen molar-refractivity contribution in [2.45, 2.75) is 37.2 Å². The largest absolute Gasteiger partial charge is 0.394 e. The van der Waals surface area contributed by atoms with Crippen molar-refractivity contribution < 1.29 is 19.7 Å². The quantitative estimate of drug-likeness (QED) is 0.480. The monoisotopic (exact) mass is 246 g/mol. The third-order valence-corrected chi connectivity index (χ3v) is 3.65. The number of thiocarbonyl (C=S) groups is 1. The number of nitrogens with zero attached hydrogens (tertiary/aromatic N) is 1. The first-order valence-electron chi connectivity index (χ1n) is 5.38. The Morgan fingerprint density at radius 2 is 2.31 bits per heavy atom. The molecule has 7 heteroatoms. The minimum Gasteiger partial charge on any atom is -0.394 e. The van der Waals surface area contributed by atoms with Gasteiger partial charge >= 0.3 is 0 Å². The van der Waals surface area contributed by atoms with E-state index in [4.69, 9.17) is 26.8 Å². The van der Waals surface area contributed by atoms with E-state index in [1.165, 1.54) is 0 Å². The Balaban J connectivity index is 1.83. The van der Waals surface area contributed by atoms with Gasteiger partial charge in [0, 0.05) is 13.0 Å². The molecule has 0 bridgehead atoms. The molecule has 0 aliphatic carbocycles. The number of ether oxygens (including phenoxy) is 2. The number of fused-ring (bicyclic) bond motifs is 3. The molecule has 3 fully saturated rings. The van der Waals surface area contributed by atoms with Crippen LogP contribution < -0.4 is 5.32 Å². The second-order valence-electron chi connectivity index (χ2n) is 4.22. The third kappa shape index (κ3) is 1.36. The summed E-state index contributed by atoms with van der Waals surface area (Å²) in [6.45, 7) is 0.565. The molecule has 0 aromatic heterocycles. The topological polar surface area (TPSA) is 74.2 Å². The van der Waals surface area contributed by atoms with Crippen molar-refractivity contribution in [1.29, 1.82) is 0 Å². The van der Waals surface area contributed by atoms with E-state index >= 15 is 0 Å². The van der Waals surface area contributed by atoms with Crippen LogP contribution >= 0.6 is 12.2 Å². The molecule has 3 N–H and O–H groups in total. The predicted octanol–water partition coefficient (Wildman–Crippen LogP) is -1.63. The first-order chi connectivity index (χ1) is 7.72. The van der Waals surface area contributed by atoms with Crippen LogP contribution in [0.25, 0.3) is 0 Å². The van der Waals surface area contributed by atoms with E-state index in [0.717, 1.165) is 13.0 Å². The number of hydrogen-bond acceptors (Lipinski definition) is 5. The highest BCUT2D eigenvalue weighted by Crippen LogP contribution is 2.36. The Morgan fingerprint density at radius 3 is 3.06 bits per heavy atom. The average Bonchev–Trinajstić information content (AvgIpc) is 2.77. The summed E-state index contributed by atoms with van der Waals surface area (Å²) in [4.78, 5) is 1.84. The maximum Gasteiger partial charge on any atom is 0.173 e. The van der Waals surface area contributed by atoms with Crippen LogP contribution in [0, 0.1) is 0 Å². The highest BCUT2D eigenvalue weighted by molar-refractivity contribution is 7.80. The summed E-state index contributed by atoms with van der Waals surface area (Å²) in [7, 11) is 0. The van der Waals surface area contributed by atoms with Crippen molar-refractivity contribution in [3.05, 3.63) is 0 Å². The lowest BCUT2D eigenvalue weighted by molar-refractivity contribution is -0.0912. The van der Waals surface area contributed by atoms with Crippen LogP contribution in [0.3, 0.4) is 0 Å². The predicted molar refractivity (Wildman–Crippen MR) is 57.5 cm³/mol. The Morgan fingerprint density at radius 1 is 1.50 bits per heavy atom. The molecule has 0 aromatic carbocycles. The second kappa shape index (κ2) is 3.78. The number of aliphatic hydroxyl groups is 2. The van der Waals surface area contributed by atoms with Crippen LogP contribution in [0.1, 0.15) is 6.42 Å². The SMILES string of the molecule is OC[C@H]1O[C@H]2[C@H](O[C@@H]3CCNC(=S)N32)[C@@H]1O. The van der Waals surface area contributed by atoms with Gasteiger partial charge < -0.3 is 25.0 Å². The second-order valence-corrected chi connectivity index (χ2v) is 4.61. The number of rotatable bonds is 1. The summed E-state index contributed by atoms with van der Waals surface area (Å²) < 4.78 is 11.3. The van der Waals surface area contributed by atoms with Gasteiger partial charge in [-0.1, -0.05) is 0 Å². The molecule has 16 heavy (non-hydrogen) atoms. The van der Waals surface area contributed by atoms with Gasteiger partial charge in [0.05, 0.1) is 6.61 Å². The fraction of sp³-hybridized carbons (Fsp3) is 0.889. The number of hydrogen-bond donors (Lipinski definition) is 3. The summed E-state index contributed by atoms with van der Waals surface area (Å²) in [6.07, 6.45) is -1.47. The molecule has 6 nitrogen and oxygen atoms in total. The zero-order valence-corrected chi connectivity index (χ0v) is 9.39. The molecule has 3 saturated heterocycles. The maximum atomic E-state index is 9.89. The molecule has 3 heterocycles. The molecule has 3 rings (SSSR count). The smallest absolute Gasteiger partial charge is 0.173 e. The van der Waals surface area contributed by atoms with Crippen LogP contribution in [0.15, 0.2) is 0 Å². The molecular weight excluding hydrogens is 232 g/mol. The standard InChI is InChI=1S/C9H14N2O4S/c12-3-4-6(13)7-8(14-4)11-5(15-7)1-2-10-9(11)16/h4-8,12-13H,1-3H2,(H,10,16)/t4-,5-,6-,7-,8+/m1/s1. The van der Waals surface area contributed by atoms with E-state index in [2.05, 4.69) is 5.32 Å². The Kier molecular flexibility index (Phi) is 2.52. The van der Waals surface area contributed by atoms with E-state index in [1.54, 1.807) is 0 Å². The van der Waals surface area contributed by atoms with Gasteiger partial charge in [0.25, 0.3) is 0 Å². The van der Waals surface area contributed by atoms with Gasteiger partial charge in [-0.15, -0.1) is 0 Å². The summed E-state index contributed by atoms with van der Waals surface area (Å²) in [5, 5.41) is 22.6. The van der Waals surface area contributed by atoms with Crippen molar-refractivity contribution in [3.63, 3.8) is 0 Å². The number of nitrogens with one attached hydrogen (secondary N) is 1. The lowest BCUT2D eigenvalue weighted by Gasteiger charge is -2.34. The van der Waals surface area contributed by atoms with Crippen molar-refractivity contribution >= 4 is 17.3 Å². The van der Waals surface area contributed by atoms with Crippen molar-refractivity contribution in [3.8, 4) is 0 Å². The van der Waals surface area contributed by atoms with Crippen LogP contribution in [-0.4, -0.2) is 64.1 Å². The number of aliphatic hydroxyl groups excluding tert-OH is 2. The van der Waals surface area contributed by atoms with Gasteiger partial charge in [0.2, 0.25) is 0 Å². The molecule has 0 saturated carbocycles. The lowest BCUT2D eigenvalue weighted by Crippen LogP contribution is -2.53. The highest BCUT2D eigenvalue weighted by Gasteiger charge is 2.55. The van der Waals surface area contributed by atoms with Gasteiger partial charge in [-0.3, -0.25) is 4.90 Å². The minimum absolute atomic E-state index is 0.113. The van der Waals surface area contributed by atoms with Gasteiger partial charge in [-0.25, -0.2) is 0 Å². The molecule has 3 aliphatic rings. The van der Waals surface area contributed by atoms with Gasteiger partial charge in [-0.05, 0) is 12.2 Å². The molecule has 0 unspecified atom stereocenters. The van der Waals surface area contributed by atoms with Crippen LogP contribution in [-0.2, 0) is 9.47 Å². The van der Waals surface area contributed by atoms with E-state index in [0.29, 0.717) is 5.11 Å². The molecule has 0 spiro atoms. The summed E-state index contributed by atoms with van der Waals surface area (Å²) >= 11 is 5.19. The average molecular weight is 246 g/mol. The van der Waals surface area contributed by atoms with Crippen molar-refractivity contribution in [2.24, 2.45) is 0 Å². The molecule has 3 aliphatic heterocycles. The zero-order chi connectivity index (χ0) is 11.3. The van der Waals surface area contributed by atoms with Gasteiger partial charge in [0.1, 0.15) is 24.5 Å². The van der Waals surface area contributed by atoms with E-state index in [9.17, 15) is 5.11 Å². The summed E-state index contributed by atoms with van der Waals surface area (Å²) in [6, 6.07) is 0. The Hall–Kier alpha value is -0.470. The lowest BCUT2D eigenvalue weighted by atomic mass is 10.1. The maximum absolute atomic E-state index is 9.89. The molecule has 0 aromatic rings. The molecule has 0 radical (unpaired) electrons. The first-order valence-corrected chi connectivity index (χ1v) is 5.79. The highest BCUT2D eigenvalue weighted by atomic mass is 32.1. The fourth-order valence-electron chi connectivity index (χ4n) is 2.50. The van der Waals surface area contributed by atoms with E-state index in [1.807, 2.05) is 4.90 Å². The first kappa shape index (κ1) is 10.7. The minimum atomic E-state index is -0.789. The van der Waals surface area contributed by atoms with Crippen LogP contribution in [0.2, 0.25) is 0 Å². The van der Waals surface area contributed by atoms with Gasteiger partial charge in [0.15, 0.2) is 11.3 Å². The Labute approximate surface area is 98.1 Å². The fourth-order valence-corrected chi connectivity index (χ4v) is 2.82.